The molecule has 33 heavy (non-hydrogen) atoms. The Labute approximate surface area is 194 Å². The zero-order valence-corrected chi connectivity index (χ0v) is 19.4. The molecule has 0 N–H and O–H groups in total. The largest absolute Gasteiger partial charge is 0.493 e. The highest BCUT2D eigenvalue weighted by molar-refractivity contribution is 6.46. The molecule has 1 heterocycles. The van der Waals surface area contributed by atoms with Gasteiger partial charge < -0.3 is 9.64 Å². The molecule has 168 valence electrons. The molecule has 0 bridgehead atoms. The average Bonchev–Trinajstić information content (AvgIpc) is 3.08. The fraction of sp³-hybridized carbons (Fsp3) is 0.214. The lowest BCUT2D eigenvalue weighted by Crippen LogP contribution is -2.34. The number of amides is 2. The Morgan fingerprint density at radius 3 is 2.21 bits per heavy atom. The summed E-state index contributed by atoms with van der Waals surface area (Å²) in [4.78, 5) is 30.4. The van der Waals surface area contributed by atoms with Crippen LogP contribution in [0.3, 0.4) is 0 Å². The number of carbonyl (C=O) groups is 2. The lowest BCUT2D eigenvalue weighted by atomic mass is 10.0. The fourth-order valence-electron chi connectivity index (χ4n) is 3.85. The Bertz CT molecular complexity index is 1200. The van der Waals surface area contributed by atoms with E-state index in [2.05, 4.69) is 13.8 Å². The van der Waals surface area contributed by atoms with Crippen molar-refractivity contribution in [2.75, 3.05) is 23.5 Å². The molecule has 0 unspecified atom stereocenters. The lowest BCUT2D eigenvalue weighted by molar-refractivity contribution is -0.120. The van der Waals surface area contributed by atoms with Gasteiger partial charge in [0.15, 0.2) is 0 Å². The molecule has 2 amide bonds. The first-order chi connectivity index (χ1) is 15.9. The molecule has 5 nitrogen and oxygen atoms in total. The summed E-state index contributed by atoms with van der Waals surface area (Å²) in [5, 5.41) is 0. The molecule has 0 fully saturated rings. The van der Waals surface area contributed by atoms with Crippen molar-refractivity contribution in [1.29, 1.82) is 0 Å². The van der Waals surface area contributed by atoms with Crippen LogP contribution in [0.5, 0.6) is 5.75 Å². The molecule has 3 aromatic carbocycles. The van der Waals surface area contributed by atoms with Gasteiger partial charge in [0.2, 0.25) is 0 Å². The molecule has 5 heteroatoms. The van der Waals surface area contributed by atoms with Gasteiger partial charge >= 0.3 is 0 Å². The molecule has 1 aliphatic rings. The maximum absolute atomic E-state index is 13.7. The zero-order valence-electron chi connectivity index (χ0n) is 19.4. The van der Waals surface area contributed by atoms with E-state index in [1.807, 2.05) is 86.8 Å². The minimum Gasteiger partial charge on any atom is -0.493 e. The van der Waals surface area contributed by atoms with Crippen molar-refractivity contribution in [3.8, 4) is 5.75 Å². The van der Waals surface area contributed by atoms with Gasteiger partial charge in [0.1, 0.15) is 11.4 Å². The first-order valence-corrected chi connectivity index (χ1v) is 11.1. The summed E-state index contributed by atoms with van der Waals surface area (Å²) in [6.45, 7) is 6.74. The van der Waals surface area contributed by atoms with Crippen LogP contribution in [-0.2, 0) is 9.59 Å². The monoisotopic (exact) mass is 440 g/mol. The van der Waals surface area contributed by atoms with Gasteiger partial charge in [-0.15, -0.1) is 0 Å². The Morgan fingerprint density at radius 2 is 1.58 bits per heavy atom. The van der Waals surface area contributed by atoms with E-state index >= 15 is 0 Å². The van der Waals surface area contributed by atoms with E-state index in [0.717, 1.165) is 17.0 Å². The number of hydrogen-bond donors (Lipinski definition) is 0. The summed E-state index contributed by atoms with van der Waals surface area (Å²) < 4.78 is 5.79. The molecule has 0 radical (unpaired) electrons. The number of rotatable bonds is 7. The minimum atomic E-state index is -0.341. The highest BCUT2D eigenvalue weighted by Crippen LogP contribution is 2.36. The number of ether oxygens (including phenoxy) is 1. The number of nitrogens with zero attached hydrogens (tertiary/aromatic N) is 2. The second-order valence-electron chi connectivity index (χ2n) is 8.63. The van der Waals surface area contributed by atoms with Crippen LogP contribution in [0.2, 0.25) is 0 Å². The summed E-state index contributed by atoms with van der Waals surface area (Å²) >= 11 is 0. The van der Waals surface area contributed by atoms with Crippen molar-refractivity contribution in [3.63, 3.8) is 0 Å². The highest BCUT2D eigenvalue weighted by atomic mass is 16.5. The fourth-order valence-corrected chi connectivity index (χ4v) is 3.85. The third kappa shape index (κ3) is 4.53. The van der Waals surface area contributed by atoms with E-state index in [4.69, 9.17) is 4.74 Å². The lowest BCUT2D eigenvalue weighted by Gasteiger charge is -2.21. The van der Waals surface area contributed by atoms with Crippen LogP contribution in [-0.4, -0.2) is 25.5 Å². The average molecular weight is 441 g/mol. The summed E-state index contributed by atoms with van der Waals surface area (Å²) in [7, 11) is 1.82. The van der Waals surface area contributed by atoms with Crippen LogP contribution in [0.15, 0.2) is 84.6 Å². The van der Waals surface area contributed by atoms with Gasteiger partial charge in [-0.2, -0.15) is 0 Å². The molecular formula is C28H28N2O3. The molecule has 0 aromatic heterocycles. The quantitative estimate of drug-likeness (QED) is 0.459. The van der Waals surface area contributed by atoms with Gasteiger partial charge in [-0.3, -0.25) is 9.59 Å². The van der Waals surface area contributed by atoms with Crippen molar-refractivity contribution >= 4 is 28.8 Å². The van der Waals surface area contributed by atoms with Crippen molar-refractivity contribution < 1.29 is 14.3 Å². The molecule has 0 saturated heterocycles. The van der Waals surface area contributed by atoms with E-state index in [1.54, 1.807) is 11.0 Å². The standard InChI is InChI=1S/C28H28N2O3/c1-19(2)18-33-24-15-13-21(14-16-24)25-26(29(4)22-10-6-5-7-11-22)28(32)30(27(25)31)23-12-8-9-20(3)17-23/h5-17,19H,18H2,1-4H3. The van der Waals surface area contributed by atoms with Gasteiger partial charge in [0.25, 0.3) is 11.8 Å². The minimum absolute atomic E-state index is 0.334. The Morgan fingerprint density at radius 1 is 0.879 bits per heavy atom. The van der Waals surface area contributed by atoms with Gasteiger partial charge in [0, 0.05) is 12.7 Å². The number of hydrogen-bond acceptors (Lipinski definition) is 4. The predicted octanol–water partition coefficient (Wildman–Crippen LogP) is 5.45. The summed E-state index contributed by atoms with van der Waals surface area (Å²) in [6, 6.07) is 24.4. The number of imide groups is 1. The smallest absolute Gasteiger partial charge is 0.282 e. The zero-order chi connectivity index (χ0) is 23.5. The molecule has 4 rings (SSSR count). The van der Waals surface area contributed by atoms with Crippen molar-refractivity contribution in [3.05, 3.63) is 95.7 Å². The number of benzene rings is 3. The van der Waals surface area contributed by atoms with Gasteiger partial charge in [-0.1, -0.05) is 56.3 Å². The highest BCUT2D eigenvalue weighted by Gasteiger charge is 2.42. The molecule has 0 saturated carbocycles. The first-order valence-electron chi connectivity index (χ1n) is 11.1. The van der Waals surface area contributed by atoms with Crippen LogP contribution >= 0.6 is 0 Å². The summed E-state index contributed by atoms with van der Waals surface area (Å²) in [5.74, 6) is 0.472. The van der Waals surface area contributed by atoms with E-state index in [9.17, 15) is 9.59 Å². The van der Waals surface area contributed by atoms with Crippen LogP contribution in [0.25, 0.3) is 5.57 Å². The Balaban J connectivity index is 1.78. The molecule has 0 atom stereocenters. The van der Waals surface area contributed by atoms with Crippen LogP contribution in [0.1, 0.15) is 25.0 Å². The number of anilines is 2. The van der Waals surface area contributed by atoms with E-state index in [1.165, 1.54) is 4.90 Å². The van der Waals surface area contributed by atoms with E-state index < -0.39 is 0 Å². The normalized spacial score (nSPS) is 13.8. The Hall–Kier alpha value is -3.86. The number of carbonyl (C=O) groups excluding carboxylic acids is 2. The summed E-state index contributed by atoms with van der Waals surface area (Å²) in [5.41, 5.74) is 3.78. The third-order valence-electron chi connectivity index (χ3n) is 5.52. The number of likely N-dealkylation sites (N-methyl/N-ethyl adjacent to an activating group) is 1. The molecule has 0 spiro atoms. The molecule has 1 aliphatic heterocycles. The topological polar surface area (TPSA) is 49.9 Å². The van der Waals surface area contributed by atoms with Crippen molar-refractivity contribution in [2.24, 2.45) is 5.92 Å². The van der Waals surface area contributed by atoms with Crippen LogP contribution < -0.4 is 14.5 Å². The third-order valence-corrected chi connectivity index (χ3v) is 5.52. The maximum atomic E-state index is 13.7. The van der Waals surface area contributed by atoms with Gasteiger partial charge in [-0.05, 0) is 60.4 Å². The Kier molecular flexibility index (Phi) is 6.31. The second-order valence-corrected chi connectivity index (χ2v) is 8.63. The summed E-state index contributed by atoms with van der Waals surface area (Å²) in [6.07, 6.45) is 0. The van der Waals surface area contributed by atoms with Crippen LogP contribution in [0, 0.1) is 12.8 Å². The SMILES string of the molecule is Cc1cccc(N2C(=O)C(c3ccc(OCC(C)C)cc3)=C(N(C)c3ccccc3)C2=O)c1. The molecule has 0 aliphatic carbocycles. The van der Waals surface area contributed by atoms with Crippen molar-refractivity contribution in [1.82, 2.24) is 0 Å². The number of aryl methyl sites for hydroxylation is 1. The maximum Gasteiger partial charge on any atom is 0.282 e. The van der Waals surface area contributed by atoms with E-state index in [-0.39, 0.29) is 11.8 Å². The van der Waals surface area contributed by atoms with Gasteiger partial charge in [-0.25, -0.2) is 4.90 Å². The van der Waals surface area contributed by atoms with Crippen molar-refractivity contribution in [2.45, 2.75) is 20.8 Å². The predicted molar refractivity (Wildman–Crippen MR) is 132 cm³/mol. The number of para-hydroxylation sites is 1. The second kappa shape index (κ2) is 9.33. The molecule has 3 aromatic rings. The molecular weight excluding hydrogens is 412 g/mol. The van der Waals surface area contributed by atoms with Crippen LogP contribution in [0.4, 0.5) is 11.4 Å². The van der Waals surface area contributed by atoms with Gasteiger partial charge in [0.05, 0.1) is 17.9 Å². The van der Waals surface area contributed by atoms with E-state index in [0.29, 0.717) is 35.0 Å². The first kappa shape index (κ1) is 22.3.